The molecule has 1 aromatic heterocycles. The number of rotatable bonds is 3. The first-order chi connectivity index (χ1) is 7.78. The van der Waals surface area contributed by atoms with Crippen molar-refractivity contribution in [3.8, 4) is 0 Å². The summed E-state index contributed by atoms with van der Waals surface area (Å²) in [5.74, 6) is 0. The van der Waals surface area contributed by atoms with Crippen LogP contribution < -0.4 is 5.32 Å². The molecule has 0 radical (unpaired) electrons. The SMILES string of the molecule is CNC1CCN(Cc2cncc(Br)c2)CC1. The highest BCUT2D eigenvalue weighted by Gasteiger charge is 2.17. The van der Waals surface area contributed by atoms with Gasteiger partial charge in [-0.2, -0.15) is 0 Å². The molecule has 0 saturated carbocycles. The van der Waals surface area contributed by atoms with Crippen LogP contribution in [0.25, 0.3) is 0 Å². The molecule has 3 nitrogen and oxygen atoms in total. The zero-order valence-corrected chi connectivity index (χ0v) is 11.2. The molecule has 1 saturated heterocycles. The number of piperidine rings is 1. The second-order valence-corrected chi connectivity index (χ2v) is 5.27. The Balaban J connectivity index is 1.87. The molecule has 0 atom stereocenters. The van der Waals surface area contributed by atoms with E-state index in [9.17, 15) is 0 Å². The first-order valence-corrected chi connectivity index (χ1v) is 6.56. The van der Waals surface area contributed by atoms with Crippen molar-refractivity contribution in [1.29, 1.82) is 0 Å². The monoisotopic (exact) mass is 283 g/mol. The summed E-state index contributed by atoms with van der Waals surface area (Å²) in [7, 11) is 2.05. The molecule has 2 heterocycles. The Morgan fingerprint density at radius 3 is 2.81 bits per heavy atom. The van der Waals surface area contributed by atoms with Gasteiger partial charge in [0.2, 0.25) is 0 Å². The standard InChI is InChI=1S/C12H18BrN3/c1-14-12-2-4-16(5-3-12)9-10-6-11(13)8-15-7-10/h6-8,12,14H,2-5,9H2,1H3. The van der Waals surface area contributed by atoms with Crippen molar-refractivity contribution >= 4 is 15.9 Å². The van der Waals surface area contributed by atoms with Gasteiger partial charge in [0.25, 0.3) is 0 Å². The van der Waals surface area contributed by atoms with Gasteiger partial charge in [0.05, 0.1) is 0 Å². The summed E-state index contributed by atoms with van der Waals surface area (Å²) in [6.07, 6.45) is 6.28. The van der Waals surface area contributed by atoms with E-state index >= 15 is 0 Å². The third-order valence-corrected chi connectivity index (χ3v) is 3.60. The summed E-state index contributed by atoms with van der Waals surface area (Å²) in [5, 5.41) is 3.35. The highest BCUT2D eigenvalue weighted by Crippen LogP contribution is 2.15. The van der Waals surface area contributed by atoms with Crippen molar-refractivity contribution < 1.29 is 0 Å². The number of hydrogen-bond donors (Lipinski definition) is 1. The Labute approximate surface area is 105 Å². The Kier molecular flexibility index (Phi) is 4.32. The van der Waals surface area contributed by atoms with Crippen LogP contribution in [0.5, 0.6) is 0 Å². The maximum atomic E-state index is 4.19. The summed E-state index contributed by atoms with van der Waals surface area (Å²) in [5.41, 5.74) is 1.29. The summed E-state index contributed by atoms with van der Waals surface area (Å²) in [6.45, 7) is 3.37. The quantitative estimate of drug-likeness (QED) is 0.920. The molecule has 0 amide bonds. The van der Waals surface area contributed by atoms with Crippen LogP contribution in [-0.2, 0) is 6.54 Å². The molecule has 1 N–H and O–H groups in total. The molecule has 1 aromatic rings. The van der Waals surface area contributed by atoms with Crippen LogP contribution in [0.1, 0.15) is 18.4 Å². The predicted molar refractivity (Wildman–Crippen MR) is 69.3 cm³/mol. The zero-order valence-electron chi connectivity index (χ0n) is 9.62. The summed E-state index contributed by atoms with van der Waals surface area (Å²) >= 11 is 3.46. The number of hydrogen-bond acceptors (Lipinski definition) is 3. The molecule has 1 aliphatic heterocycles. The van der Waals surface area contributed by atoms with E-state index in [1.165, 1.54) is 31.5 Å². The van der Waals surface area contributed by atoms with Gasteiger partial charge in [-0.05, 0) is 60.5 Å². The van der Waals surface area contributed by atoms with E-state index in [1.807, 2.05) is 12.4 Å². The maximum absolute atomic E-state index is 4.19. The van der Waals surface area contributed by atoms with Gasteiger partial charge in [-0.15, -0.1) is 0 Å². The number of pyridine rings is 1. The van der Waals surface area contributed by atoms with Crippen LogP contribution in [0.3, 0.4) is 0 Å². The molecule has 0 aliphatic carbocycles. The number of nitrogens with zero attached hydrogens (tertiary/aromatic N) is 2. The first kappa shape index (κ1) is 12.0. The van der Waals surface area contributed by atoms with E-state index in [-0.39, 0.29) is 0 Å². The van der Waals surface area contributed by atoms with Crippen molar-refractivity contribution in [3.63, 3.8) is 0 Å². The van der Waals surface area contributed by atoms with Crippen molar-refractivity contribution in [2.24, 2.45) is 0 Å². The lowest BCUT2D eigenvalue weighted by Gasteiger charge is -2.31. The van der Waals surface area contributed by atoms with Gasteiger partial charge in [-0.25, -0.2) is 0 Å². The number of aromatic nitrogens is 1. The van der Waals surface area contributed by atoms with E-state index in [0.717, 1.165) is 11.0 Å². The van der Waals surface area contributed by atoms with Gasteiger partial charge in [0, 0.05) is 29.5 Å². The molecule has 0 aromatic carbocycles. The Bertz CT molecular complexity index is 335. The summed E-state index contributed by atoms with van der Waals surface area (Å²) < 4.78 is 1.06. The average Bonchev–Trinajstić information content (AvgIpc) is 2.30. The summed E-state index contributed by atoms with van der Waals surface area (Å²) in [4.78, 5) is 6.69. The summed E-state index contributed by atoms with van der Waals surface area (Å²) in [6, 6.07) is 2.86. The van der Waals surface area contributed by atoms with Gasteiger partial charge in [-0.3, -0.25) is 9.88 Å². The Hall–Kier alpha value is -0.450. The molecule has 1 fully saturated rings. The van der Waals surface area contributed by atoms with Crippen molar-refractivity contribution in [2.75, 3.05) is 20.1 Å². The third kappa shape index (κ3) is 3.27. The van der Waals surface area contributed by atoms with E-state index in [4.69, 9.17) is 0 Å². The van der Waals surface area contributed by atoms with E-state index in [0.29, 0.717) is 6.04 Å². The minimum atomic E-state index is 0.705. The molecule has 16 heavy (non-hydrogen) atoms. The first-order valence-electron chi connectivity index (χ1n) is 5.77. The van der Waals surface area contributed by atoms with Crippen LogP contribution in [0, 0.1) is 0 Å². The minimum absolute atomic E-state index is 0.705. The molecular weight excluding hydrogens is 266 g/mol. The molecule has 4 heteroatoms. The molecule has 0 bridgehead atoms. The number of halogens is 1. The van der Waals surface area contributed by atoms with Crippen LogP contribution in [-0.4, -0.2) is 36.1 Å². The van der Waals surface area contributed by atoms with Crippen LogP contribution in [0.4, 0.5) is 0 Å². The van der Waals surface area contributed by atoms with E-state index < -0.39 is 0 Å². The van der Waals surface area contributed by atoms with Crippen LogP contribution in [0.2, 0.25) is 0 Å². The Morgan fingerprint density at radius 1 is 1.44 bits per heavy atom. The molecule has 2 rings (SSSR count). The predicted octanol–water partition coefficient (Wildman–Crippen LogP) is 2.03. The van der Waals surface area contributed by atoms with Crippen molar-refractivity contribution in [1.82, 2.24) is 15.2 Å². The second kappa shape index (κ2) is 5.75. The second-order valence-electron chi connectivity index (χ2n) is 4.35. The molecule has 0 unspecified atom stereocenters. The molecule has 88 valence electrons. The van der Waals surface area contributed by atoms with E-state index in [2.05, 4.69) is 44.2 Å². The lowest BCUT2D eigenvalue weighted by Crippen LogP contribution is -2.40. The smallest absolute Gasteiger partial charge is 0.0410 e. The topological polar surface area (TPSA) is 28.2 Å². The lowest BCUT2D eigenvalue weighted by molar-refractivity contribution is 0.194. The van der Waals surface area contributed by atoms with Gasteiger partial charge in [0.1, 0.15) is 0 Å². The van der Waals surface area contributed by atoms with Crippen molar-refractivity contribution in [3.05, 3.63) is 28.5 Å². The van der Waals surface area contributed by atoms with Gasteiger partial charge in [0.15, 0.2) is 0 Å². The maximum Gasteiger partial charge on any atom is 0.0410 e. The van der Waals surface area contributed by atoms with Gasteiger partial charge >= 0.3 is 0 Å². The van der Waals surface area contributed by atoms with Crippen molar-refractivity contribution in [2.45, 2.75) is 25.4 Å². The fourth-order valence-electron chi connectivity index (χ4n) is 2.18. The highest BCUT2D eigenvalue weighted by atomic mass is 79.9. The largest absolute Gasteiger partial charge is 0.317 e. The number of likely N-dealkylation sites (tertiary alicyclic amines) is 1. The highest BCUT2D eigenvalue weighted by molar-refractivity contribution is 9.10. The number of nitrogens with one attached hydrogen (secondary N) is 1. The minimum Gasteiger partial charge on any atom is -0.317 e. The molecule has 0 spiro atoms. The lowest BCUT2D eigenvalue weighted by atomic mass is 10.0. The normalized spacial score (nSPS) is 18.9. The van der Waals surface area contributed by atoms with Gasteiger partial charge < -0.3 is 5.32 Å². The molecular formula is C12H18BrN3. The van der Waals surface area contributed by atoms with E-state index in [1.54, 1.807) is 0 Å². The fraction of sp³-hybridized carbons (Fsp3) is 0.583. The fourth-order valence-corrected chi connectivity index (χ4v) is 2.59. The zero-order chi connectivity index (χ0) is 11.4. The van der Waals surface area contributed by atoms with Crippen LogP contribution in [0.15, 0.2) is 22.9 Å². The average molecular weight is 284 g/mol. The van der Waals surface area contributed by atoms with Crippen LogP contribution >= 0.6 is 15.9 Å². The Morgan fingerprint density at radius 2 is 2.19 bits per heavy atom. The third-order valence-electron chi connectivity index (χ3n) is 3.16. The van der Waals surface area contributed by atoms with Gasteiger partial charge in [-0.1, -0.05) is 0 Å². The molecule has 1 aliphatic rings.